The second-order valence-corrected chi connectivity index (χ2v) is 10.1. The summed E-state index contributed by atoms with van der Waals surface area (Å²) in [6.45, 7) is 4.55. The van der Waals surface area contributed by atoms with Crippen molar-refractivity contribution in [3.05, 3.63) is 96.8 Å². The van der Waals surface area contributed by atoms with E-state index in [9.17, 15) is 4.79 Å². The number of aliphatic imine (C=N–C) groups is 1. The average molecular weight is 572 g/mol. The molecule has 1 aliphatic heterocycles. The second kappa shape index (κ2) is 10.1. The molecule has 0 aliphatic carbocycles. The zero-order valence-corrected chi connectivity index (χ0v) is 21.5. The highest BCUT2D eigenvalue weighted by Gasteiger charge is 2.24. The third kappa shape index (κ3) is 5.71. The summed E-state index contributed by atoms with van der Waals surface area (Å²) in [4.78, 5) is 17.5. The molecule has 4 rings (SSSR count). The zero-order chi connectivity index (χ0) is 22.7. The highest BCUT2D eigenvalue weighted by molar-refractivity contribution is 9.11. The quantitative estimate of drug-likeness (QED) is 0.327. The molecule has 0 atom stereocenters. The van der Waals surface area contributed by atoms with Crippen LogP contribution in [0, 0.1) is 13.8 Å². The number of ether oxygens (including phenoxy) is 1. The largest absolute Gasteiger partial charge is 0.487 e. The average Bonchev–Trinajstić information content (AvgIpc) is 3.09. The molecule has 3 aromatic rings. The van der Waals surface area contributed by atoms with Crippen molar-refractivity contribution in [1.82, 2.24) is 5.32 Å². The Bertz CT molecular complexity index is 1200. The van der Waals surface area contributed by atoms with Gasteiger partial charge in [0.05, 0.1) is 19.5 Å². The first kappa shape index (κ1) is 22.8. The number of nitrogens with zero attached hydrogens (tertiary/aromatic N) is 1. The van der Waals surface area contributed by atoms with Crippen LogP contribution >= 0.6 is 43.6 Å². The van der Waals surface area contributed by atoms with Gasteiger partial charge in [-0.1, -0.05) is 47.5 Å². The Balaban J connectivity index is 1.49. The fourth-order valence-electron chi connectivity index (χ4n) is 3.01. The van der Waals surface area contributed by atoms with Crippen LogP contribution in [0.5, 0.6) is 5.75 Å². The molecular formula is C25H20Br2N2O2S. The number of benzene rings is 3. The maximum Gasteiger partial charge on any atom is 0.264 e. The molecule has 0 bridgehead atoms. The summed E-state index contributed by atoms with van der Waals surface area (Å²) < 4.78 is 7.63. The molecule has 0 spiro atoms. The first-order valence-corrected chi connectivity index (χ1v) is 12.3. The van der Waals surface area contributed by atoms with E-state index in [0.29, 0.717) is 16.7 Å². The summed E-state index contributed by atoms with van der Waals surface area (Å²) in [7, 11) is 0. The van der Waals surface area contributed by atoms with E-state index in [-0.39, 0.29) is 5.91 Å². The lowest BCUT2D eigenvalue weighted by Crippen LogP contribution is -2.19. The summed E-state index contributed by atoms with van der Waals surface area (Å²) in [5.74, 6) is 0.561. The number of hydrogen-bond acceptors (Lipinski definition) is 4. The lowest BCUT2D eigenvalue weighted by atomic mass is 10.1. The van der Waals surface area contributed by atoms with Crippen molar-refractivity contribution in [3.63, 3.8) is 0 Å². The number of amides is 1. The predicted molar refractivity (Wildman–Crippen MR) is 139 cm³/mol. The minimum absolute atomic E-state index is 0.159. The van der Waals surface area contributed by atoms with E-state index in [0.717, 1.165) is 31.5 Å². The number of aryl methyl sites for hydroxylation is 2. The van der Waals surface area contributed by atoms with Gasteiger partial charge in [-0.15, -0.1) is 0 Å². The van der Waals surface area contributed by atoms with E-state index in [1.165, 1.54) is 22.9 Å². The Morgan fingerprint density at radius 1 is 0.969 bits per heavy atom. The molecule has 1 heterocycles. The van der Waals surface area contributed by atoms with Crippen molar-refractivity contribution in [2.75, 3.05) is 0 Å². The van der Waals surface area contributed by atoms with Crippen molar-refractivity contribution in [1.29, 1.82) is 0 Å². The Morgan fingerprint density at radius 2 is 1.56 bits per heavy atom. The number of halogens is 2. The molecule has 0 saturated carbocycles. The third-order valence-electron chi connectivity index (χ3n) is 4.74. The van der Waals surface area contributed by atoms with Gasteiger partial charge in [-0.05, 0) is 98.9 Å². The Morgan fingerprint density at radius 3 is 2.19 bits per heavy atom. The lowest BCUT2D eigenvalue weighted by molar-refractivity contribution is -0.115. The Hall–Kier alpha value is -2.35. The number of thioether (sulfide) groups is 1. The van der Waals surface area contributed by atoms with Crippen LogP contribution in [-0.2, 0) is 11.4 Å². The van der Waals surface area contributed by atoms with Crippen LogP contribution < -0.4 is 10.1 Å². The minimum Gasteiger partial charge on any atom is -0.487 e. The van der Waals surface area contributed by atoms with Crippen molar-refractivity contribution >= 4 is 66.5 Å². The summed E-state index contributed by atoms with van der Waals surface area (Å²) in [6, 6.07) is 20.0. The van der Waals surface area contributed by atoms with E-state index in [2.05, 4.69) is 73.4 Å². The van der Waals surface area contributed by atoms with Crippen LogP contribution in [0.3, 0.4) is 0 Å². The SMILES string of the molecule is Cc1ccc(COc2c(Br)cc(/C=C3\SC(=Nc4ccc(C)cc4)NC3=O)cc2Br)cc1. The monoisotopic (exact) mass is 570 g/mol. The topological polar surface area (TPSA) is 50.7 Å². The summed E-state index contributed by atoms with van der Waals surface area (Å²) >= 11 is 8.51. The molecule has 7 heteroatoms. The van der Waals surface area contributed by atoms with E-state index in [1.54, 1.807) is 0 Å². The number of nitrogens with one attached hydrogen (secondary N) is 1. The van der Waals surface area contributed by atoms with E-state index >= 15 is 0 Å². The van der Waals surface area contributed by atoms with Crippen LogP contribution in [0.25, 0.3) is 6.08 Å². The molecule has 1 amide bonds. The molecular weight excluding hydrogens is 552 g/mol. The van der Waals surface area contributed by atoms with Crippen LogP contribution in [0.15, 0.2) is 79.5 Å². The van der Waals surface area contributed by atoms with E-state index < -0.39 is 0 Å². The minimum atomic E-state index is -0.159. The molecule has 1 N–H and O–H groups in total. The van der Waals surface area contributed by atoms with Crippen LogP contribution in [-0.4, -0.2) is 11.1 Å². The zero-order valence-electron chi connectivity index (χ0n) is 17.5. The molecule has 0 radical (unpaired) electrons. The van der Waals surface area contributed by atoms with Crippen molar-refractivity contribution in [3.8, 4) is 5.75 Å². The second-order valence-electron chi connectivity index (χ2n) is 7.41. The molecule has 32 heavy (non-hydrogen) atoms. The van der Waals surface area contributed by atoms with Crippen LogP contribution in [0.2, 0.25) is 0 Å². The molecule has 0 unspecified atom stereocenters. The van der Waals surface area contributed by atoms with Gasteiger partial charge in [0.2, 0.25) is 0 Å². The predicted octanol–water partition coefficient (Wildman–Crippen LogP) is 7.30. The molecule has 1 fully saturated rings. The fourth-order valence-corrected chi connectivity index (χ4v) is 5.30. The highest BCUT2D eigenvalue weighted by Crippen LogP contribution is 2.37. The van der Waals surface area contributed by atoms with Gasteiger partial charge in [0.1, 0.15) is 12.4 Å². The highest BCUT2D eigenvalue weighted by atomic mass is 79.9. The number of carbonyl (C=O) groups excluding carboxylic acids is 1. The first-order valence-electron chi connectivity index (χ1n) is 9.91. The maximum absolute atomic E-state index is 12.4. The third-order valence-corrected chi connectivity index (χ3v) is 6.83. The molecule has 1 aliphatic rings. The molecule has 0 aromatic heterocycles. The van der Waals surface area contributed by atoms with Gasteiger partial charge in [-0.25, -0.2) is 4.99 Å². The normalized spacial score (nSPS) is 15.9. The van der Waals surface area contributed by atoms with Crippen molar-refractivity contribution < 1.29 is 9.53 Å². The number of carbonyl (C=O) groups is 1. The van der Waals surface area contributed by atoms with Gasteiger partial charge in [0, 0.05) is 0 Å². The number of rotatable bonds is 5. The molecule has 4 nitrogen and oxygen atoms in total. The standard InChI is InChI=1S/C25H20Br2N2O2S/c1-15-3-7-17(8-4-15)14-31-23-20(26)11-18(12-21(23)27)13-22-24(30)29-25(32-22)28-19-9-5-16(2)6-10-19/h3-13H,14H2,1-2H3,(H,28,29,30)/b22-13-. The Labute approximate surface area is 208 Å². The number of hydrogen-bond donors (Lipinski definition) is 1. The van der Waals surface area contributed by atoms with Crippen molar-refractivity contribution in [2.24, 2.45) is 4.99 Å². The Kier molecular flexibility index (Phi) is 7.18. The summed E-state index contributed by atoms with van der Waals surface area (Å²) in [5, 5.41) is 3.40. The molecule has 3 aromatic carbocycles. The van der Waals surface area contributed by atoms with E-state index in [1.807, 2.05) is 49.4 Å². The van der Waals surface area contributed by atoms with Crippen LogP contribution in [0.4, 0.5) is 5.69 Å². The van der Waals surface area contributed by atoms with E-state index in [4.69, 9.17) is 4.74 Å². The van der Waals surface area contributed by atoms with Gasteiger partial charge in [-0.2, -0.15) is 0 Å². The van der Waals surface area contributed by atoms with Gasteiger partial charge >= 0.3 is 0 Å². The summed E-state index contributed by atoms with van der Waals surface area (Å²) in [6.07, 6.45) is 1.84. The van der Waals surface area contributed by atoms with Gasteiger partial charge < -0.3 is 10.1 Å². The van der Waals surface area contributed by atoms with Gasteiger partial charge in [0.15, 0.2) is 5.17 Å². The molecule has 162 valence electrons. The van der Waals surface area contributed by atoms with Gasteiger partial charge in [0.25, 0.3) is 5.91 Å². The lowest BCUT2D eigenvalue weighted by Gasteiger charge is -2.12. The van der Waals surface area contributed by atoms with Gasteiger partial charge in [-0.3, -0.25) is 4.79 Å². The first-order chi connectivity index (χ1) is 15.4. The fraction of sp³-hybridized carbons (Fsp3) is 0.120. The van der Waals surface area contributed by atoms with Crippen LogP contribution in [0.1, 0.15) is 22.3 Å². The molecule has 1 saturated heterocycles. The van der Waals surface area contributed by atoms with Crippen molar-refractivity contribution in [2.45, 2.75) is 20.5 Å². The maximum atomic E-state index is 12.4. The smallest absolute Gasteiger partial charge is 0.264 e. The summed E-state index contributed by atoms with van der Waals surface area (Å²) in [5.41, 5.74) is 5.16. The number of amidine groups is 1.